The smallest absolute Gasteiger partial charge is 0.261 e. The van der Waals surface area contributed by atoms with Crippen molar-refractivity contribution in [1.82, 2.24) is 20.5 Å². The van der Waals surface area contributed by atoms with Gasteiger partial charge in [0.2, 0.25) is 5.91 Å². The summed E-state index contributed by atoms with van der Waals surface area (Å²) in [5.41, 5.74) is 3.41. The van der Waals surface area contributed by atoms with Crippen LogP contribution in [0.1, 0.15) is 60.1 Å². The number of pyridine rings is 1. The highest BCUT2D eigenvalue weighted by atomic mass is 16.2. The molecule has 1 aromatic carbocycles. The maximum absolute atomic E-state index is 13.3. The van der Waals surface area contributed by atoms with Crippen molar-refractivity contribution < 1.29 is 9.59 Å². The number of rotatable bonds is 8. The van der Waals surface area contributed by atoms with Gasteiger partial charge in [-0.2, -0.15) is 5.10 Å². The van der Waals surface area contributed by atoms with E-state index in [9.17, 15) is 9.59 Å². The molecule has 0 radical (unpaired) electrons. The van der Waals surface area contributed by atoms with Gasteiger partial charge in [-0.25, -0.2) is 0 Å². The van der Waals surface area contributed by atoms with Gasteiger partial charge in [0, 0.05) is 37.1 Å². The molecule has 2 N–H and O–H groups in total. The number of nitrogens with one attached hydrogen (secondary N) is 2. The minimum atomic E-state index is -0.0164. The number of aromatic amines is 1. The second-order valence-electron chi connectivity index (χ2n) is 8.64. The van der Waals surface area contributed by atoms with E-state index in [0.29, 0.717) is 31.0 Å². The van der Waals surface area contributed by atoms with E-state index < -0.39 is 0 Å². The molecule has 3 aromatic rings. The number of hydrogen-bond donors (Lipinski definition) is 2. The number of carbonyl (C=O) groups is 2. The number of nitrogens with zero attached hydrogens (tertiary/aromatic N) is 3. The summed E-state index contributed by atoms with van der Waals surface area (Å²) < 4.78 is 0. The predicted octanol–water partition coefficient (Wildman–Crippen LogP) is 4.10. The molecule has 0 bridgehead atoms. The van der Waals surface area contributed by atoms with E-state index in [1.54, 1.807) is 23.5 Å². The lowest BCUT2D eigenvalue weighted by Gasteiger charge is -2.29. The first-order valence-corrected chi connectivity index (χ1v) is 11.7. The first kappa shape index (κ1) is 22.7. The van der Waals surface area contributed by atoms with Gasteiger partial charge in [-0.1, -0.05) is 24.3 Å². The van der Waals surface area contributed by atoms with Crippen LogP contribution in [0.2, 0.25) is 0 Å². The van der Waals surface area contributed by atoms with Gasteiger partial charge in [-0.3, -0.25) is 19.7 Å². The summed E-state index contributed by atoms with van der Waals surface area (Å²) in [6, 6.07) is 13.5. The van der Waals surface area contributed by atoms with Gasteiger partial charge in [-0.05, 0) is 62.3 Å². The molecule has 0 aliphatic heterocycles. The summed E-state index contributed by atoms with van der Waals surface area (Å²) in [4.78, 5) is 31.4. The molecule has 33 heavy (non-hydrogen) atoms. The summed E-state index contributed by atoms with van der Waals surface area (Å²) in [5, 5.41) is 10.4. The lowest BCUT2D eigenvalue weighted by Crippen LogP contribution is -2.33. The highest BCUT2D eigenvalue weighted by Crippen LogP contribution is 2.36. The van der Waals surface area contributed by atoms with Gasteiger partial charge in [0.25, 0.3) is 5.91 Å². The number of amides is 2. The van der Waals surface area contributed by atoms with Crippen LogP contribution in [0.15, 0.2) is 61.1 Å². The highest BCUT2D eigenvalue weighted by Gasteiger charge is 2.29. The molecule has 1 aliphatic rings. The molecule has 1 aliphatic carbocycles. The largest absolute Gasteiger partial charge is 0.356 e. The molecule has 4 rings (SSSR count). The molecule has 0 unspecified atom stereocenters. The van der Waals surface area contributed by atoms with Crippen molar-refractivity contribution in [3.8, 4) is 0 Å². The monoisotopic (exact) mass is 445 g/mol. The topological polar surface area (TPSA) is 91.0 Å². The zero-order chi connectivity index (χ0) is 23.0. The zero-order valence-corrected chi connectivity index (χ0v) is 19.0. The Hall–Kier alpha value is -3.48. The first-order chi connectivity index (χ1) is 16.2. The van der Waals surface area contributed by atoms with Gasteiger partial charge in [0.15, 0.2) is 0 Å². The van der Waals surface area contributed by atoms with Crippen molar-refractivity contribution in [2.75, 3.05) is 18.0 Å². The molecule has 172 valence electrons. The van der Waals surface area contributed by atoms with E-state index in [1.807, 2.05) is 49.4 Å². The first-order valence-electron chi connectivity index (χ1n) is 11.7. The summed E-state index contributed by atoms with van der Waals surface area (Å²) in [6.07, 6.45) is 9.44. The van der Waals surface area contributed by atoms with Crippen LogP contribution in [0.5, 0.6) is 0 Å². The molecule has 7 heteroatoms. The molecule has 0 spiro atoms. The average Bonchev–Trinajstić information content (AvgIpc) is 3.35. The van der Waals surface area contributed by atoms with Crippen molar-refractivity contribution in [2.24, 2.45) is 5.92 Å². The normalized spacial score (nSPS) is 18.0. The van der Waals surface area contributed by atoms with E-state index >= 15 is 0 Å². The van der Waals surface area contributed by atoms with E-state index in [2.05, 4.69) is 20.5 Å². The SMILES string of the molecule is CCN(C(=O)c1cn[nH]c1C1CCC(CNC(=O)Cc2cccnc2)CC1)c1ccccc1. The molecular weight excluding hydrogens is 414 g/mol. The Kier molecular flexibility index (Phi) is 7.50. The lowest BCUT2D eigenvalue weighted by atomic mass is 9.79. The summed E-state index contributed by atoms with van der Waals surface area (Å²) in [5.74, 6) is 0.755. The van der Waals surface area contributed by atoms with E-state index in [1.165, 1.54) is 0 Å². The van der Waals surface area contributed by atoms with Crippen molar-refractivity contribution in [2.45, 2.75) is 44.9 Å². The van der Waals surface area contributed by atoms with Crippen LogP contribution in [0, 0.1) is 5.92 Å². The molecule has 0 atom stereocenters. The molecule has 1 fully saturated rings. The third-order valence-corrected chi connectivity index (χ3v) is 6.46. The number of aromatic nitrogens is 3. The lowest BCUT2D eigenvalue weighted by molar-refractivity contribution is -0.120. The minimum absolute atomic E-state index is 0.0164. The Balaban J connectivity index is 1.31. The Bertz CT molecular complexity index is 1040. The highest BCUT2D eigenvalue weighted by molar-refractivity contribution is 6.06. The van der Waals surface area contributed by atoms with Crippen LogP contribution in [-0.4, -0.2) is 40.1 Å². The third-order valence-electron chi connectivity index (χ3n) is 6.46. The van der Waals surface area contributed by atoms with Gasteiger partial charge < -0.3 is 10.2 Å². The second-order valence-corrected chi connectivity index (χ2v) is 8.64. The molecule has 2 amide bonds. The number of anilines is 1. The summed E-state index contributed by atoms with van der Waals surface area (Å²) in [7, 11) is 0. The number of para-hydroxylation sites is 1. The summed E-state index contributed by atoms with van der Waals surface area (Å²) >= 11 is 0. The molecular formula is C26H31N5O2. The van der Waals surface area contributed by atoms with Crippen LogP contribution in [-0.2, 0) is 11.2 Å². The van der Waals surface area contributed by atoms with E-state index in [-0.39, 0.29) is 17.7 Å². The molecule has 1 saturated carbocycles. The van der Waals surface area contributed by atoms with E-state index in [0.717, 1.165) is 42.6 Å². The Morgan fingerprint density at radius 1 is 1.06 bits per heavy atom. The van der Waals surface area contributed by atoms with Crippen molar-refractivity contribution in [1.29, 1.82) is 0 Å². The molecule has 2 heterocycles. The van der Waals surface area contributed by atoms with Crippen molar-refractivity contribution in [3.63, 3.8) is 0 Å². The summed E-state index contributed by atoms with van der Waals surface area (Å²) in [6.45, 7) is 3.27. The van der Waals surface area contributed by atoms with Crippen LogP contribution in [0.4, 0.5) is 5.69 Å². The van der Waals surface area contributed by atoms with Crippen LogP contribution in [0.25, 0.3) is 0 Å². The van der Waals surface area contributed by atoms with Gasteiger partial charge in [0.05, 0.1) is 23.9 Å². The number of hydrogen-bond acceptors (Lipinski definition) is 4. The maximum atomic E-state index is 13.3. The molecule has 2 aromatic heterocycles. The fourth-order valence-corrected chi connectivity index (χ4v) is 4.64. The zero-order valence-electron chi connectivity index (χ0n) is 19.0. The fourth-order valence-electron chi connectivity index (χ4n) is 4.64. The van der Waals surface area contributed by atoms with Gasteiger partial charge in [-0.15, -0.1) is 0 Å². The quantitative estimate of drug-likeness (QED) is 0.546. The number of benzene rings is 1. The Labute approximate surface area is 194 Å². The third kappa shape index (κ3) is 5.66. The average molecular weight is 446 g/mol. The van der Waals surface area contributed by atoms with Gasteiger partial charge in [0.1, 0.15) is 0 Å². The standard InChI is InChI=1S/C26H31N5O2/c1-2-31(22-8-4-3-5-9-22)26(33)23-18-29-30-25(23)21-12-10-19(11-13-21)17-28-24(32)15-20-7-6-14-27-16-20/h3-9,14,16,18-19,21H,2,10-13,15,17H2,1H3,(H,28,32)(H,29,30). The number of carbonyl (C=O) groups excluding carboxylic acids is 2. The minimum Gasteiger partial charge on any atom is -0.356 e. The Morgan fingerprint density at radius 3 is 2.55 bits per heavy atom. The second kappa shape index (κ2) is 10.9. The van der Waals surface area contributed by atoms with E-state index in [4.69, 9.17) is 0 Å². The number of H-pyrrole nitrogens is 1. The van der Waals surface area contributed by atoms with Crippen LogP contribution < -0.4 is 10.2 Å². The van der Waals surface area contributed by atoms with Gasteiger partial charge >= 0.3 is 0 Å². The van der Waals surface area contributed by atoms with Crippen molar-refractivity contribution in [3.05, 3.63) is 77.9 Å². The van der Waals surface area contributed by atoms with Crippen molar-refractivity contribution >= 4 is 17.5 Å². The fraction of sp³-hybridized carbons (Fsp3) is 0.385. The Morgan fingerprint density at radius 2 is 1.85 bits per heavy atom. The maximum Gasteiger partial charge on any atom is 0.261 e. The van der Waals surface area contributed by atoms with Crippen LogP contribution in [0.3, 0.4) is 0 Å². The molecule has 7 nitrogen and oxygen atoms in total. The predicted molar refractivity (Wildman–Crippen MR) is 128 cm³/mol. The molecule has 0 saturated heterocycles. The van der Waals surface area contributed by atoms with Crippen LogP contribution >= 0.6 is 0 Å².